The van der Waals surface area contributed by atoms with Crippen molar-refractivity contribution in [1.29, 1.82) is 0 Å². The van der Waals surface area contributed by atoms with E-state index in [0.717, 1.165) is 4.47 Å². The molecule has 0 fully saturated rings. The van der Waals surface area contributed by atoms with Crippen LogP contribution in [0.25, 0.3) is 0 Å². The van der Waals surface area contributed by atoms with Gasteiger partial charge in [-0.25, -0.2) is 0 Å². The van der Waals surface area contributed by atoms with Gasteiger partial charge in [0.15, 0.2) is 0 Å². The maximum Gasteiger partial charge on any atom is 0.0574 e. The Kier molecular flexibility index (Phi) is 4.20. The summed E-state index contributed by atoms with van der Waals surface area (Å²) < 4.78 is 1.16. The molecule has 0 aliphatic carbocycles. The van der Waals surface area contributed by atoms with Crippen LogP contribution >= 0.6 is 15.9 Å². The number of hydrogen-bond acceptors (Lipinski definition) is 1. The molecule has 94 valence electrons. The molecule has 0 saturated carbocycles. The molecule has 18 heavy (non-hydrogen) atoms. The Hall–Kier alpha value is -1.12. The van der Waals surface area contributed by atoms with Gasteiger partial charge in [-0.15, -0.1) is 0 Å². The fourth-order valence-electron chi connectivity index (χ4n) is 2.07. The second-order valence-corrected chi connectivity index (χ2v) is 5.50. The molecule has 1 nitrogen and oxygen atoms in total. The van der Waals surface area contributed by atoms with Gasteiger partial charge in [0.2, 0.25) is 0 Å². The highest BCUT2D eigenvalue weighted by Gasteiger charge is 2.12. The lowest BCUT2D eigenvalue weighted by Crippen LogP contribution is -2.17. The monoisotopic (exact) mass is 303 g/mol. The van der Waals surface area contributed by atoms with E-state index in [1.54, 1.807) is 0 Å². The lowest BCUT2D eigenvalue weighted by Gasteiger charge is -2.18. The summed E-state index contributed by atoms with van der Waals surface area (Å²) in [6.45, 7) is 4.22. The fourth-order valence-corrected chi connectivity index (χ4v) is 2.47. The number of benzene rings is 2. The van der Waals surface area contributed by atoms with Crippen molar-refractivity contribution in [3.63, 3.8) is 0 Å². The molecule has 0 aliphatic heterocycles. The van der Waals surface area contributed by atoms with Crippen LogP contribution in [0.1, 0.15) is 28.3 Å². The Labute approximate surface area is 117 Å². The molecule has 0 radical (unpaired) electrons. The van der Waals surface area contributed by atoms with Crippen LogP contribution in [0, 0.1) is 13.8 Å². The Morgan fingerprint density at radius 1 is 0.944 bits per heavy atom. The summed E-state index contributed by atoms with van der Waals surface area (Å²) in [6, 6.07) is 15.4. The van der Waals surface area contributed by atoms with E-state index < -0.39 is 0 Å². The van der Waals surface area contributed by atoms with Gasteiger partial charge in [0.1, 0.15) is 0 Å². The molecule has 0 aliphatic rings. The normalized spacial score (nSPS) is 12.4. The van der Waals surface area contributed by atoms with E-state index in [2.05, 4.69) is 77.6 Å². The van der Waals surface area contributed by atoms with Gasteiger partial charge in [0, 0.05) is 4.47 Å². The quantitative estimate of drug-likeness (QED) is 0.887. The van der Waals surface area contributed by atoms with E-state index in [1.807, 2.05) is 7.05 Å². The Bertz CT molecular complexity index is 531. The van der Waals surface area contributed by atoms with Gasteiger partial charge in [0.05, 0.1) is 6.04 Å². The van der Waals surface area contributed by atoms with Gasteiger partial charge >= 0.3 is 0 Å². The minimum atomic E-state index is 0.238. The predicted molar refractivity (Wildman–Crippen MR) is 81.0 cm³/mol. The summed E-state index contributed by atoms with van der Waals surface area (Å²) >= 11 is 3.60. The number of aryl methyl sites for hydroxylation is 2. The van der Waals surface area contributed by atoms with Crippen LogP contribution in [0.5, 0.6) is 0 Å². The van der Waals surface area contributed by atoms with Crippen molar-refractivity contribution in [1.82, 2.24) is 5.32 Å². The van der Waals surface area contributed by atoms with Gasteiger partial charge in [0.25, 0.3) is 0 Å². The average Bonchev–Trinajstić information content (AvgIpc) is 2.37. The van der Waals surface area contributed by atoms with E-state index in [9.17, 15) is 0 Å². The minimum absolute atomic E-state index is 0.238. The first kappa shape index (κ1) is 13.3. The molecule has 1 atom stereocenters. The third-order valence-corrected chi connectivity index (χ3v) is 4.08. The molecule has 0 spiro atoms. The first-order valence-corrected chi connectivity index (χ1v) is 6.91. The fraction of sp³-hybridized carbons (Fsp3) is 0.250. The largest absolute Gasteiger partial charge is 0.309 e. The van der Waals surface area contributed by atoms with E-state index in [0.29, 0.717) is 0 Å². The second kappa shape index (κ2) is 5.68. The Morgan fingerprint density at radius 3 is 2.11 bits per heavy atom. The van der Waals surface area contributed by atoms with Gasteiger partial charge in [-0.05, 0) is 43.7 Å². The van der Waals surface area contributed by atoms with Crippen molar-refractivity contribution in [3.05, 3.63) is 69.2 Å². The van der Waals surface area contributed by atoms with E-state index in [-0.39, 0.29) is 6.04 Å². The minimum Gasteiger partial charge on any atom is -0.309 e. The first-order valence-electron chi connectivity index (χ1n) is 6.11. The van der Waals surface area contributed by atoms with Crippen molar-refractivity contribution in [3.8, 4) is 0 Å². The van der Waals surface area contributed by atoms with Crippen molar-refractivity contribution in [2.45, 2.75) is 19.9 Å². The molecule has 0 bridgehead atoms. The van der Waals surface area contributed by atoms with Gasteiger partial charge in [-0.3, -0.25) is 0 Å². The summed E-state index contributed by atoms with van der Waals surface area (Å²) in [4.78, 5) is 0. The number of nitrogens with one attached hydrogen (secondary N) is 1. The van der Waals surface area contributed by atoms with Crippen molar-refractivity contribution < 1.29 is 0 Å². The number of hydrogen-bond donors (Lipinski definition) is 1. The smallest absolute Gasteiger partial charge is 0.0574 e. The van der Waals surface area contributed by atoms with Crippen LogP contribution in [0.4, 0.5) is 0 Å². The van der Waals surface area contributed by atoms with E-state index in [1.165, 1.54) is 22.3 Å². The Balaban J connectivity index is 2.38. The highest BCUT2D eigenvalue weighted by Crippen LogP contribution is 2.26. The third-order valence-electron chi connectivity index (χ3n) is 3.23. The number of halogens is 1. The summed E-state index contributed by atoms with van der Waals surface area (Å²) in [5.74, 6) is 0. The van der Waals surface area contributed by atoms with Crippen molar-refractivity contribution in [2.75, 3.05) is 7.05 Å². The topological polar surface area (TPSA) is 12.0 Å². The summed E-state index contributed by atoms with van der Waals surface area (Å²) in [6.07, 6.45) is 0. The van der Waals surface area contributed by atoms with Gasteiger partial charge in [-0.2, -0.15) is 0 Å². The zero-order chi connectivity index (χ0) is 13.1. The maximum atomic E-state index is 3.60. The third kappa shape index (κ3) is 2.82. The molecule has 0 amide bonds. The predicted octanol–water partition coefficient (Wildman–Crippen LogP) is 4.37. The summed E-state index contributed by atoms with van der Waals surface area (Å²) in [7, 11) is 2.00. The second-order valence-electron chi connectivity index (χ2n) is 4.64. The van der Waals surface area contributed by atoms with E-state index >= 15 is 0 Å². The van der Waals surface area contributed by atoms with Crippen LogP contribution in [-0.2, 0) is 0 Å². The zero-order valence-corrected chi connectivity index (χ0v) is 12.6. The first-order chi connectivity index (χ1) is 8.61. The molecular weight excluding hydrogens is 286 g/mol. The zero-order valence-electron chi connectivity index (χ0n) is 11.0. The molecule has 0 saturated heterocycles. The van der Waals surface area contributed by atoms with E-state index in [4.69, 9.17) is 0 Å². The van der Waals surface area contributed by atoms with Gasteiger partial charge < -0.3 is 5.32 Å². The molecule has 2 aromatic rings. The standard InChI is InChI=1S/C16H18BrN/c1-11-4-7-13(8-5-11)16(18-3)14-9-6-12(2)15(17)10-14/h4-10,16,18H,1-3H3. The van der Waals surface area contributed by atoms with Crippen LogP contribution in [-0.4, -0.2) is 7.05 Å². The lowest BCUT2D eigenvalue weighted by molar-refractivity contribution is 0.691. The molecule has 2 rings (SSSR count). The van der Waals surface area contributed by atoms with Crippen LogP contribution in [0.15, 0.2) is 46.9 Å². The molecule has 0 aromatic heterocycles. The van der Waals surface area contributed by atoms with Crippen LogP contribution < -0.4 is 5.32 Å². The van der Waals surface area contributed by atoms with Crippen LogP contribution in [0.2, 0.25) is 0 Å². The van der Waals surface area contributed by atoms with Crippen molar-refractivity contribution in [2.24, 2.45) is 0 Å². The molecule has 1 N–H and O–H groups in total. The van der Waals surface area contributed by atoms with Crippen molar-refractivity contribution >= 4 is 15.9 Å². The van der Waals surface area contributed by atoms with Crippen LogP contribution in [0.3, 0.4) is 0 Å². The van der Waals surface area contributed by atoms with Gasteiger partial charge in [-0.1, -0.05) is 57.9 Å². The SMILES string of the molecule is CNC(c1ccc(C)cc1)c1ccc(C)c(Br)c1. The lowest BCUT2D eigenvalue weighted by atomic mass is 9.97. The maximum absolute atomic E-state index is 3.60. The molecule has 0 heterocycles. The Morgan fingerprint density at radius 2 is 1.56 bits per heavy atom. The molecule has 2 heteroatoms. The summed E-state index contributed by atoms with van der Waals surface area (Å²) in [5.41, 5.74) is 5.12. The summed E-state index contributed by atoms with van der Waals surface area (Å²) in [5, 5.41) is 3.38. The molecular formula is C16H18BrN. The highest BCUT2D eigenvalue weighted by atomic mass is 79.9. The molecule has 2 aromatic carbocycles. The highest BCUT2D eigenvalue weighted by molar-refractivity contribution is 9.10. The molecule has 1 unspecified atom stereocenters. The number of rotatable bonds is 3. The average molecular weight is 304 g/mol.